The van der Waals surface area contributed by atoms with Gasteiger partial charge < -0.3 is 0 Å². The molecule has 1 aromatic carbocycles. The molecule has 0 N–H and O–H groups in total. The Balaban J connectivity index is 2.33. The third kappa shape index (κ3) is 2.50. The smallest absolute Gasteiger partial charge is 0.209 e. The standard InChI is InChI=1S/C12H13BrN2S/c1-12(2,3)9-6-4-8(5-7-9)10-14-11(13)15-16-10/h4-7H,1-3H3. The fourth-order valence-corrected chi connectivity index (χ4v) is 2.52. The Bertz CT molecular complexity index is 482. The van der Waals surface area contributed by atoms with Crippen molar-refractivity contribution in [3.8, 4) is 10.6 Å². The number of hydrogen-bond donors (Lipinski definition) is 0. The first-order chi connectivity index (χ1) is 7.47. The molecule has 0 spiro atoms. The van der Waals surface area contributed by atoms with Crippen LogP contribution in [0.25, 0.3) is 10.6 Å². The predicted octanol–water partition coefficient (Wildman–Crippen LogP) is 4.27. The molecule has 1 heterocycles. The Morgan fingerprint density at radius 2 is 1.75 bits per heavy atom. The summed E-state index contributed by atoms with van der Waals surface area (Å²) in [5, 5.41) is 0.951. The molecule has 0 aliphatic carbocycles. The fraction of sp³-hybridized carbons (Fsp3) is 0.333. The maximum absolute atomic E-state index is 4.30. The van der Waals surface area contributed by atoms with Crippen LogP contribution in [0.15, 0.2) is 29.0 Å². The highest BCUT2D eigenvalue weighted by molar-refractivity contribution is 9.10. The molecule has 4 heteroatoms. The van der Waals surface area contributed by atoms with E-state index in [1.54, 1.807) is 0 Å². The van der Waals surface area contributed by atoms with E-state index in [0.717, 1.165) is 10.6 Å². The van der Waals surface area contributed by atoms with Gasteiger partial charge in [-0.3, -0.25) is 0 Å². The van der Waals surface area contributed by atoms with E-state index >= 15 is 0 Å². The van der Waals surface area contributed by atoms with E-state index in [4.69, 9.17) is 0 Å². The maximum Gasteiger partial charge on any atom is 0.209 e. The molecule has 2 aromatic rings. The van der Waals surface area contributed by atoms with Crippen molar-refractivity contribution < 1.29 is 0 Å². The second-order valence-electron chi connectivity index (χ2n) is 4.70. The Morgan fingerprint density at radius 3 is 2.19 bits per heavy atom. The fourth-order valence-electron chi connectivity index (χ4n) is 1.44. The second-order valence-corrected chi connectivity index (χ2v) is 6.16. The van der Waals surface area contributed by atoms with Crippen LogP contribution in [0, 0.1) is 0 Å². The molecule has 2 nitrogen and oxygen atoms in total. The molecule has 0 saturated heterocycles. The molecule has 0 atom stereocenters. The van der Waals surface area contributed by atoms with Gasteiger partial charge in [0.1, 0.15) is 5.01 Å². The van der Waals surface area contributed by atoms with Crippen LogP contribution in [0.2, 0.25) is 0 Å². The molecule has 16 heavy (non-hydrogen) atoms. The third-order valence-corrected chi connectivity index (χ3v) is 3.75. The van der Waals surface area contributed by atoms with E-state index in [1.807, 2.05) is 0 Å². The molecule has 1 aromatic heterocycles. The summed E-state index contributed by atoms with van der Waals surface area (Å²) in [6.45, 7) is 6.64. The molecular weight excluding hydrogens is 284 g/mol. The molecule has 2 rings (SSSR count). The predicted molar refractivity (Wildman–Crippen MR) is 71.7 cm³/mol. The molecular formula is C12H13BrN2S. The number of benzene rings is 1. The van der Waals surface area contributed by atoms with Crippen molar-refractivity contribution in [2.24, 2.45) is 0 Å². The normalized spacial score (nSPS) is 11.8. The first-order valence-electron chi connectivity index (χ1n) is 5.07. The van der Waals surface area contributed by atoms with Crippen molar-refractivity contribution in [3.05, 3.63) is 34.6 Å². The maximum atomic E-state index is 4.30. The van der Waals surface area contributed by atoms with Gasteiger partial charge in [-0.15, -0.1) is 0 Å². The summed E-state index contributed by atoms with van der Waals surface area (Å²) < 4.78 is 4.77. The van der Waals surface area contributed by atoms with E-state index < -0.39 is 0 Å². The average molecular weight is 297 g/mol. The lowest BCUT2D eigenvalue weighted by atomic mass is 9.87. The number of nitrogens with zero attached hydrogens (tertiary/aromatic N) is 2. The van der Waals surface area contributed by atoms with E-state index in [9.17, 15) is 0 Å². The Morgan fingerprint density at radius 1 is 1.12 bits per heavy atom. The topological polar surface area (TPSA) is 25.8 Å². The summed E-state index contributed by atoms with van der Waals surface area (Å²) in [7, 11) is 0. The van der Waals surface area contributed by atoms with Crippen molar-refractivity contribution in [1.29, 1.82) is 0 Å². The van der Waals surface area contributed by atoms with Gasteiger partial charge in [-0.25, -0.2) is 4.98 Å². The minimum Gasteiger partial charge on any atom is -0.209 e. The minimum absolute atomic E-state index is 0.195. The lowest BCUT2D eigenvalue weighted by Crippen LogP contribution is -2.10. The van der Waals surface area contributed by atoms with Gasteiger partial charge in [0, 0.05) is 5.56 Å². The van der Waals surface area contributed by atoms with Crippen LogP contribution in [0.1, 0.15) is 26.3 Å². The summed E-state index contributed by atoms with van der Waals surface area (Å²) in [5.41, 5.74) is 2.65. The molecule has 0 aliphatic rings. The molecule has 0 unspecified atom stereocenters. The van der Waals surface area contributed by atoms with Crippen molar-refractivity contribution >= 4 is 27.5 Å². The van der Waals surface area contributed by atoms with Crippen LogP contribution in [0.3, 0.4) is 0 Å². The van der Waals surface area contributed by atoms with Crippen molar-refractivity contribution in [2.75, 3.05) is 0 Å². The zero-order valence-electron chi connectivity index (χ0n) is 9.49. The molecule has 0 aliphatic heterocycles. The van der Waals surface area contributed by atoms with Gasteiger partial charge in [-0.05, 0) is 38.4 Å². The third-order valence-electron chi connectivity index (χ3n) is 2.40. The summed E-state index contributed by atoms with van der Waals surface area (Å²) >= 11 is 4.67. The highest BCUT2D eigenvalue weighted by Gasteiger charge is 2.13. The molecule has 0 fully saturated rings. The van der Waals surface area contributed by atoms with Crippen molar-refractivity contribution in [1.82, 2.24) is 9.36 Å². The zero-order valence-corrected chi connectivity index (χ0v) is 11.9. The van der Waals surface area contributed by atoms with E-state index in [2.05, 4.69) is 70.3 Å². The summed E-state index contributed by atoms with van der Waals surface area (Å²) in [6.07, 6.45) is 0. The van der Waals surface area contributed by atoms with Gasteiger partial charge in [-0.1, -0.05) is 45.0 Å². The Kier molecular flexibility index (Phi) is 3.13. The number of hydrogen-bond acceptors (Lipinski definition) is 3. The van der Waals surface area contributed by atoms with Gasteiger partial charge in [-0.2, -0.15) is 4.37 Å². The van der Waals surface area contributed by atoms with E-state index in [-0.39, 0.29) is 5.41 Å². The quantitative estimate of drug-likeness (QED) is 0.785. The molecule has 0 radical (unpaired) electrons. The highest BCUT2D eigenvalue weighted by atomic mass is 79.9. The second kappa shape index (κ2) is 4.26. The lowest BCUT2D eigenvalue weighted by molar-refractivity contribution is 0.590. The van der Waals surface area contributed by atoms with E-state index in [1.165, 1.54) is 17.1 Å². The van der Waals surface area contributed by atoms with Crippen molar-refractivity contribution in [3.63, 3.8) is 0 Å². The van der Waals surface area contributed by atoms with E-state index in [0.29, 0.717) is 4.73 Å². The molecule has 0 amide bonds. The lowest BCUT2D eigenvalue weighted by Gasteiger charge is -2.18. The zero-order chi connectivity index (χ0) is 11.8. The van der Waals surface area contributed by atoms with Gasteiger partial charge in [0.05, 0.1) is 0 Å². The van der Waals surface area contributed by atoms with Crippen LogP contribution >= 0.6 is 27.5 Å². The summed E-state index contributed by atoms with van der Waals surface area (Å²) in [6, 6.07) is 8.52. The van der Waals surface area contributed by atoms with Gasteiger partial charge in [0.25, 0.3) is 0 Å². The minimum atomic E-state index is 0.195. The van der Waals surface area contributed by atoms with Crippen LogP contribution in [-0.2, 0) is 5.41 Å². The molecule has 84 valence electrons. The SMILES string of the molecule is CC(C)(C)c1ccc(-c2nc(Br)ns2)cc1. The van der Waals surface area contributed by atoms with Crippen LogP contribution in [0.5, 0.6) is 0 Å². The number of rotatable bonds is 1. The Hall–Kier alpha value is -0.740. The largest absolute Gasteiger partial charge is 0.209 e. The molecule has 0 saturated carbocycles. The molecule has 0 bridgehead atoms. The monoisotopic (exact) mass is 296 g/mol. The number of aromatic nitrogens is 2. The Labute approximate surface area is 108 Å². The highest BCUT2D eigenvalue weighted by Crippen LogP contribution is 2.27. The van der Waals surface area contributed by atoms with Crippen molar-refractivity contribution in [2.45, 2.75) is 26.2 Å². The first-order valence-corrected chi connectivity index (χ1v) is 6.63. The van der Waals surface area contributed by atoms with Gasteiger partial charge in [0.2, 0.25) is 4.73 Å². The first kappa shape index (κ1) is 11.7. The van der Waals surface area contributed by atoms with Crippen LogP contribution in [0.4, 0.5) is 0 Å². The van der Waals surface area contributed by atoms with Gasteiger partial charge >= 0.3 is 0 Å². The summed E-state index contributed by atoms with van der Waals surface area (Å²) in [4.78, 5) is 4.30. The van der Waals surface area contributed by atoms with Crippen LogP contribution in [-0.4, -0.2) is 9.36 Å². The average Bonchev–Trinajstić information content (AvgIpc) is 2.64. The number of halogens is 1. The van der Waals surface area contributed by atoms with Crippen LogP contribution < -0.4 is 0 Å². The van der Waals surface area contributed by atoms with Gasteiger partial charge in [0.15, 0.2) is 0 Å². The summed E-state index contributed by atoms with van der Waals surface area (Å²) in [5.74, 6) is 0.